The molecule has 2 amide bonds. The molecule has 0 saturated heterocycles. The van der Waals surface area contributed by atoms with Crippen molar-refractivity contribution < 1.29 is 22.4 Å². The second-order valence-electron chi connectivity index (χ2n) is 10.8. The maximum atomic E-state index is 14.4. The Labute approximate surface area is 259 Å². The van der Waals surface area contributed by atoms with Crippen LogP contribution in [0.1, 0.15) is 37.0 Å². The van der Waals surface area contributed by atoms with E-state index in [2.05, 4.69) is 5.32 Å². The Morgan fingerprint density at radius 2 is 1.48 bits per heavy atom. The van der Waals surface area contributed by atoms with Gasteiger partial charge in [-0.15, -0.1) is 0 Å². The molecule has 0 radical (unpaired) electrons. The zero-order valence-corrected chi connectivity index (χ0v) is 26.0. The second-order valence-corrected chi connectivity index (χ2v) is 12.7. The van der Waals surface area contributed by atoms with Crippen LogP contribution < -0.4 is 9.62 Å². The molecule has 0 aliphatic carbocycles. The van der Waals surface area contributed by atoms with E-state index in [0.29, 0.717) is 17.7 Å². The van der Waals surface area contributed by atoms with E-state index in [4.69, 9.17) is 0 Å². The number of carbonyl (C=O) groups excluding carboxylic acids is 2. The van der Waals surface area contributed by atoms with Gasteiger partial charge >= 0.3 is 0 Å². The number of rotatable bonds is 13. The first-order valence-electron chi connectivity index (χ1n) is 14.6. The molecule has 0 saturated carbocycles. The molecule has 0 spiro atoms. The molecule has 2 unspecified atom stereocenters. The Hall–Kier alpha value is -4.50. The van der Waals surface area contributed by atoms with E-state index < -0.39 is 34.3 Å². The fourth-order valence-corrected chi connectivity index (χ4v) is 6.24. The van der Waals surface area contributed by atoms with E-state index in [1.54, 1.807) is 48.5 Å². The number of nitrogens with one attached hydrogen (secondary N) is 1. The van der Waals surface area contributed by atoms with E-state index in [0.717, 1.165) is 15.4 Å². The van der Waals surface area contributed by atoms with Crippen LogP contribution in [0.3, 0.4) is 0 Å². The van der Waals surface area contributed by atoms with Crippen molar-refractivity contribution in [2.45, 2.75) is 57.1 Å². The van der Waals surface area contributed by atoms with E-state index in [1.165, 1.54) is 29.2 Å². The summed E-state index contributed by atoms with van der Waals surface area (Å²) in [5.41, 5.74) is 2.58. The van der Waals surface area contributed by atoms with Gasteiger partial charge in [0, 0.05) is 19.0 Å². The van der Waals surface area contributed by atoms with Gasteiger partial charge < -0.3 is 10.2 Å². The Balaban J connectivity index is 1.80. The van der Waals surface area contributed by atoms with Crippen LogP contribution in [0, 0.1) is 12.7 Å². The highest BCUT2D eigenvalue weighted by molar-refractivity contribution is 7.92. The number of amides is 2. The van der Waals surface area contributed by atoms with Crippen LogP contribution in [-0.4, -0.2) is 43.8 Å². The average Bonchev–Trinajstić information content (AvgIpc) is 3.03. The summed E-state index contributed by atoms with van der Waals surface area (Å²) in [5.74, 6) is -1.36. The summed E-state index contributed by atoms with van der Waals surface area (Å²) in [4.78, 5) is 29.7. The summed E-state index contributed by atoms with van der Waals surface area (Å²) in [5, 5.41) is 3.00. The number of anilines is 1. The highest BCUT2D eigenvalue weighted by atomic mass is 32.2. The summed E-state index contributed by atoms with van der Waals surface area (Å²) < 4.78 is 42.9. The Bertz CT molecular complexity index is 1650. The van der Waals surface area contributed by atoms with Crippen molar-refractivity contribution >= 4 is 27.5 Å². The summed E-state index contributed by atoms with van der Waals surface area (Å²) in [6.45, 7) is 5.10. The molecule has 0 fully saturated rings. The third-order valence-electron chi connectivity index (χ3n) is 7.44. The predicted octanol–water partition coefficient (Wildman–Crippen LogP) is 5.88. The van der Waals surface area contributed by atoms with Gasteiger partial charge in [-0.3, -0.25) is 13.9 Å². The van der Waals surface area contributed by atoms with Crippen LogP contribution in [-0.2, 0) is 32.6 Å². The molecule has 4 rings (SSSR count). The standard InChI is InChI=1S/C35H38FN3O4S/c1-4-27(3)37-35(41)33(23-28-13-7-5-8-14-28)38(24-29-18-20-30(36)21-19-29)34(40)25-39(31-15-11-12-26(2)22-31)44(42,43)32-16-9-6-10-17-32/h5-22,27,33H,4,23-25H2,1-3H3,(H,37,41). The highest BCUT2D eigenvalue weighted by Crippen LogP contribution is 2.26. The maximum absolute atomic E-state index is 14.4. The normalized spacial score (nSPS) is 12.6. The maximum Gasteiger partial charge on any atom is 0.264 e. The van der Waals surface area contributed by atoms with Crippen LogP contribution >= 0.6 is 0 Å². The topological polar surface area (TPSA) is 86.8 Å². The van der Waals surface area contributed by atoms with E-state index >= 15 is 0 Å². The summed E-state index contributed by atoms with van der Waals surface area (Å²) >= 11 is 0. The lowest BCUT2D eigenvalue weighted by Crippen LogP contribution is -2.54. The van der Waals surface area contributed by atoms with Crippen molar-refractivity contribution in [1.29, 1.82) is 0 Å². The van der Waals surface area contributed by atoms with E-state index in [9.17, 15) is 22.4 Å². The quantitative estimate of drug-likeness (QED) is 0.203. The molecule has 0 bridgehead atoms. The summed E-state index contributed by atoms with van der Waals surface area (Å²) in [6.07, 6.45) is 0.887. The minimum absolute atomic E-state index is 0.0302. The molecule has 4 aromatic rings. The number of sulfonamides is 1. The molecule has 4 aromatic carbocycles. The molecule has 9 heteroatoms. The smallest absolute Gasteiger partial charge is 0.264 e. The third-order valence-corrected chi connectivity index (χ3v) is 9.23. The van der Waals surface area contributed by atoms with Gasteiger partial charge in [-0.2, -0.15) is 0 Å². The SMILES string of the molecule is CCC(C)NC(=O)C(Cc1ccccc1)N(Cc1ccc(F)cc1)C(=O)CN(c1cccc(C)c1)S(=O)(=O)c1ccccc1. The van der Waals surface area contributed by atoms with Gasteiger partial charge in [-0.25, -0.2) is 12.8 Å². The van der Waals surface area contributed by atoms with Gasteiger partial charge in [0.15, 0.2) is 0 Å². The lowest BCUT2D eigenvalue weighted by molar-refractivity contribution is -0.140. The number of benzene rings is 4. The Kier molecular flexibility index (Phi) is 10.9. The number of halogens is 1. The molecule has 1 N–H and O–H groups in total. The molecule has 44 heavy (non-hydrogen) atoms. The third kappa shape index (κ3) is 8.32. The monoisotopic (exact) mass is 615 g/mol. The first-order chi connectivity index (χ1) is 21.1. The molecular formula is C35H38FN3O4S. The van der Waals surface area contributed by atoms with E-state index in [1.807, 2.05) is 57.2 Å². The van der Waals surface area contributed by atoms with Crippen molar-refractivity contribution in [3.05, 3.63) is 132 Å². The first-order valence-corrected chi connectivity index (χ1v) is 16.0. The number of hydrogen-bond acceptors (Lipinski definition) is 4. The van der Waals surface area contributed by atoms with Crippen molar-refractivity contribution in [2.24, 2.45) is 0 Å². The molecule has 0 aliphatic heterocycles. The zero-order valence-electron chi connectivity index (χ0n) is 25.2. The molecule has 230 valence electrons. The van der Waals surface area contributed by atoms with Crippen molar-refractivity contribution in [3.8, 4) is 0 Å². The largest absolute Gasteiger partial charge is 0.352 e. The van der Waals surface area contributed by atoms with Gasteiger partial charge in [0.2, 0.25) is 11.8 Å². The number of aryl methyl sites for hydroxylation is 1. The zero-order chi connectivity index (χ0) is 31.7. The molecule has 0 aromatic heterocycles. The molecule has 2 atom stereocenters. The number of nitrogens with zero attached hydrogens (tertiary/aromatic N) is 2. The number of carbonyl (C=O) groups is 2. The van der Waals surface area contributed by atoms with Crippen molar-refractivity contribution in [2.75, 3.05) is 10.8 Å². The average molecular weight is 616 g/mol. The summed E-state index contributed by atoms with van der Waals surface area (Å²) in [6, 6.07) is 28.8. The van der Waals surface area contributed by atoms with Gasteiger partial charge in [-0.05, 0) is 73.4 Å². The van der Waals surface area contributed by atoms with Gasteiger partial charge in [0.1, 0.15) is 18.4 Å². The predicted molar refractivity (Wildman–Crippen MR) is 171 cm³/mol. The minimum atomic E-state index is -4.17. The van der Waals surface area contributed by atoms with Crippen LogP contribution in [0.25, 0.3) is 0 Å². The highest BCUT2D eigenvalue weighted by Gasteiger charge is 2.35. The van der Waals surface area contributed by atoms with Crippen molar-refractivity contribution in [1.82, 2.24) is 10.2 Å². The fourth-order valence-electron chi connectivity index (χ4n) is 4.81. The lowest BCUT2D eigenvalue weighted by Gasteiger charge is -2.34. The lowest BCUT2D eigenvalue weighted by atomic mass is 10.0. The Morgan fingerprint density at radius 1 is 0.841 bits per heavy atom. The van der Waals surface area contributed by atoms with E-state index in [-0.39, 0.29) is 29.8 Å². The van der Waals surface area contributed by atoms with Crippen LogP contribution in [0.2, 0.25) is 0 Å². The second kappa shape index (κ2) is 14.8. The minimum Gasteiger partial charge on any atom is -0.352 e. The van der Waals surface area contributed by atoms with Crippen LogP contribution in [0.4, 0.5) is 10.1 Å². The number of hydrogen-bond donors (Lipinski definition) is 1. The van der Waals surface area contributed by atoms with Crippen molar-refractivity contribution in [3.63, 3.8) is 0 Å². The van der Waals surface area contributed by atoms with Gasteiger partial charge in [-0.1, -0.05) is 79.7 Å². The van der Waals surface area contributed by atoms with Crippen LogP contribution in [0.15, 0.2) is 114 Å². The fraction of sp³-hybridized carbons (Fsp3) is 0.257. The first kappa shape index (κ1) is 32.4. The molecular weight excluding hydrogens is 577 g/mol. The molecule has 0 aliphatic rings. The Morgan fingerprint density at radius 3 is 2.09 bits per heavy atom. The van der Waals surface area contributed by atoms with Gasteiger partial charge in [0.05, 0.1) is 10.6 Å². The molecule has 0 heterocycles. The van der Waals surface area contributed by atoms with Crippen LogP contribution in [0.5, 0.6) is 0 Å². The summed E-state index contributed by atoms with van der Waals surface area (Å²) in [7, 11) is -4.17. The molecule has 7 nitrogen and oxygen atoms in total. The van der Waals surface area contributed by atoms with Gasteiger partial charge in [0.25, 0.3) is 10.0 Å².